The normalized spacial score (nSPS) is 16.3. The molecule has 0 aliphatic heterocycles. The van der Waals surface area contributed by atoms with Crippen LogP contribution in [0.4, 0.5) is 0 Å². The lowest BCUT2D eigenvalue weighted by atomic mass is 9.97. The van der Waals surface area contributed by atoms with Crippen molar-refractivity contribution < 1.29 is 5.11 Å². The van der Waals surface area contributed by atoms with Crippen LogP contribution in [0.1, 0.15) is 31.2 Å². The fraction of sp³-hybridized carbons (Fsp3) is 0.438. The summed E-state index contributed by atoms with van der Waals surface area (Å²) in [6.07, 6.45) is 5.56. The first kappa shape index (κ1) is 12.3. The number of benzene rings is 1. The summed E-state index contributed by atoms with van der Waals surface area (Å²) in [6, 6.07) is 7.53. The summed E-state index contributed by atoms with van der Waals surface area (Å²) in [6.45, 7) is 0. The Morgan fingerprint density at radius 3 is 2.68 bits per heavy atom. The molecule has 3 heteroatoms. The molecule has 1 aliphatic rings. The van der Waals surface area contributed by atoms with E-state index in [0.29, 0.717) is 17.9 Å². The van der Waals surface area contributed by atoms with Gasteiger partial charge in [-0.2, -0.15) is 0 Å². The van der Waals surface area contributed by atoms with Gasteiger partial charge in [0.15, 0.2) is 0 Å². The van der Waals surface area contributed by atoms with Gasteiger partial charge in [-0.15, -0.1) is 0 Å². The molecule has 1 aliphatic carbocycles. The second-order valence-corrected chi connectivity index (χ2v) is 5.56. The Hall–Kier alpha value is -1.77. The van der Waals surface area contributed by atoms with Gasteiger partial charge in [-0.25, -0.2) is 0 Å². The summed E-state index contributed by atoms with van der Waals surface area (Å²) < 4.78 is 1.65. The standard InChI is InChI=1S/C16H19NO2/c1-17-14-9-5-4-8-12(14)15(18)13(16(17)19)10-11-6-2-3-7-11/h4-5,8-9,11,18H,2-3,6-7,10H2,1H3. The molecule has 0 bridgehead atoms. The average molecular weight is 257 g/mol. The van der Waals surface area contributed by atoms with Crippen LogP contribution in [0, 0.1) is 5.92 Å². The maximum absolute atomic E-state index is 12.4. The number of hydrogen-bond donors (Lipinski definition) is 1. The number of para-hydroxylation sites is 1. The molecule has 0 saturated heterocycles. The maximum atomic E-state index is 12.4. The van der Waals surface area contributed by atoms with Crippen molar-refractivity contribution in [3.05, 3.63) is 40.2 Å². The van der Waals surface area contributed by atoms with Crippen LogP contribution in [0.15, 0.2) is 29.1 Å². The number of nitrogens with zero attached hydrogens (tertiary/aromatic N) is 1. The lowest BCUT2D eigenvalue weighted by molar-refractivity contribution is 0.457. The number of fused-ring (bicyclic) bond motifs is 1. The van der Waals surface area contributed by atoms with E-state index in [-0.39, 0.29) is 11.3 Å². The van der Waals surface area contributed by atoms with E-state index >= 15 is 0 Å². The molecule has 0 amide bonds. The largest absolute Gasteiger partial charge is 0.507 e. The van der Waals surface area contributed by atoms with E-state index in [0.717, 1.165) is 10.9 Å². The van der Waals surface area contributed by atoms with Crippen molar-refractivity contribution in [1.82, 2.24) is 4.57 Å². The predicted molar refractivity (Wildman–Crippen MR) is 76.5 cm³/mol. The van der Waals surface area contributed by atoms with Crippen molar-refractivity contribution in [2.75, 3.05) is 0 Å². The SMILES string of the molecule is Cn1c(=O)c(CC2CCCC2)c(O)c2ccccc21. The molecule has 100 valence electrons. The van der Waals surface area contributed by atoms with Gasteiger partial charge in [-0.05, 0) is 24.5 Å². The monoisotopic (exact) mass is 257 g/mol. The molecular formula is C16H19NO2. The number of aromatic hydroxyl groups is 1. The third-order valence-electron chi connectivity index (χ3n) is 4.34. The predicted octanol–water partition coefficient (Wildman–Crippen LogP) is 2.98. The van der Waals surface area contributed by atoms with Crippen LogP contribution in [-0.4, -0.2) is 9.67 Å². The highest BCUT2D eigenvalue weighted by molar-refractivity contribution is 5.86. The Morgan fingerprint density at radius 2 is 1.95 bits per heavy atom. The third kappa shape index (κ3) is 2.03. The Balaban J connectivity index is 2.15. The fourth-order valence-corrected chi connectivity index (χ4v) is 3.23. The van der Waals surface area contributed by atoms with Crippen molar-refractivity contribution >= 4 is 10.9 Å². The molecule has 0 spiro atoms. The number of aryl methyl sites for hydroxylation is 1. The van der Waals surface area contributed by atoms with Gasteiger partial charge in [0, 0.05) is 12.4 Å². The van der Waals surface area contributed by atoms with E-state index in [9.17, 15) is 9.90 Å². The summed E-state index contributed by atoms with van der Waals surface area (Å²) in [4.78, 5) is 12.4. The van der Waals surface area contributed by atoms with Gasteiger partial charge in [0.05, 0.1) is 11.1 Å². The first-order chi connectivity index (χ1) is 9.18. The highest BCUT2D eigenvalue weighted by atomic mass is 16.3. The zero-order chi connectivity index (χ0) is 13.4. The second kappa shape index (κ2) is 4.72. The van der Waals surface area contributed by atoms with Gasteiger partial charge < -0.3 is 9.67 Å². The molecule has 1 aromatic carbocycles. The smallest absolute Gasteiger partial charge is 0.257 e. The van der Waals surface area contributed by atoms with Crippen LogP contribution in [0.5, 0.6) is 5.75 Å². The lowest BCUT2D eigenvalue weighted by Gasteiger charge is -2.14. The number of rotatable bonds is 2. The number of aromatic nitrogens is 1. The minimum atomic E-state index is -0.0527. The van der Waals surface area contributed by atoms with Crippen molar-refractivity contribution in [2.24, 2.45) is 13.0 Å². The van der Waals surface area contributed by atoms with Crippen LogP contribution in [0.2, 0.25) is 0 Å². The van der Waals surface area contributed by atoms with E-state index in [4.69, 9.17) is 0 Å². The Kier molecular flexibility index (Phi) is 3.05. The average Bonchev–Trinajstić information content (AvgIpc) is 2.94. The number of hydrogen-bond acceptors (Lipinski definition) is 2. The molecular weight excluding hydrogens is 238 g/mol. The zero-order valence-electron chi connectivity index (χ0n) is 11.2. The van der Waals surface area contributed by atoms with Gasteiger partial charge in [0.25, 0.3) is 5.56 Å². The maximum Gasteiger partial charge on any atom is 0.257 e. The van der Waals surface area contributed by atoms with Gasteiger partial charge in [-0.3, -0.25) is 4.79 Å². The van der Waals surface area contributed by atoms with E-state index < -0.39 is 0 Å². The highest BCUT2D eigenvalue weighted by Crippen LogP contribution is 2.32. The fourth-order valence-electron chi connectivity index (χ4n) is 3.23. The summed E-state index contributed by atoms with van der Waals surface area (Å²) in [5.74, 6) is 0.741. The summed E-state index contributed by atoms with van der Waals surface area (Å²) in [5.41, 5.74) is 1.33. The topological polar surface area (TPSA) is 42.2 Å². The van der Waals surface area contributed by atoms with E-state index in [1.54, 1.807) is 11.6 Å². The number of pyridine rings is 1. The molecule has 1 fully saturated rings. The molecule has 3 rings (SSSR count). The van der Waals surface area contributed by atoms with Crippen LogP contribution >= 0.6 is 0 Å². The molecule has 19 heavy (non-hydrogen) atoms. The van der Waals surface area contributed by atoms with E-state index in [2.05, 4.69) is 0 Å². The van der Waals surface area contributed by atoms with Crippen molar-refractivity contribution in [3.63, 3.8) is 0 Å². The zero-order valence-corrected chi connectivity index (χ0v) is 11.2. The summed E-state index contributed by atoms with van der Waals surface area (Å²) in [5, 5.41) is 11.2. The Bertz CT molecular complexity index is 666. The minimum Gasteiger partial charge on any atom is -0.507 e. The van der Waals surface area contributed by atoms with Gasteiger partial charge in [-0.1, -0.05) is 37.8 Å². The van der Waals surface area contributed by atoms with Crippen LogP contribution in [-0.2, 0) is 13.5 Å². The second-order valence-electron chi connectivity index (χ2n) is 5.56. The summed E-state index contributed by atoms with van der Waals surface area (Å²) >= 11 is 0. The quantitative estimate of drug-likeness (QED) is 0.898. The van der Waals surface area contributed by atoms with Gasteiger partial charge in [0.2, 0.25) is 0 Å². The van der Waals surface area contributed by atoms with Gasteiger partial charge in [0.1, 0.15) is 5.75 Å². The Morgan fingerprint density at radius 1 is 1.26 bits per heavy atom. The van der Waals surface area contributed by atoms with E-state index in [1.165, 1.54) is 25.7 Å². The van der Waals surface area contributed by atoms with Crippen LogP contribution < -0.4 is 5.56 Å². The van der Waals surface area contributed by atoms with E-state index in [1.807, 2.05) is 24.3 Å². The van der Waals surface area contributed by atoms with Crippen LogP contribution in [0.3, 0.4) is 0 Å². The molecule has 3 nitrogen and oxygen atoms in total. The minimum absolute atomic E-state index is 0.0527. The van der Waals surface area contributed by atoms with Crippen molar-refractivity contribution in [1.29, 1.82) is 0 Å². The van der Waals surface area contributed by atoms with Crippen molar-refractivity contribution in [3.8, 4) is 5.75 Å². The molecule has 0 atom stereocenters. The molecule has 2 aromatic rings. The Labute approximate surface area is 112 Å². The molecule has 1 N–H and O–H groups in total. The molecule has 0 radical (unpaired) electrons. The first-order valence-corrected chi connectivity index (χ1v) is 6.98. The molecule has 1 aromatic heterocycles. The first-order valence-electron chi connectivity index (χ1n) is 6.98. The third-order valence-corrected chi connectivity index (χ3v) is 4.34. The lowest BCUT2D eigenvalue weighted by Crippen LogP contribution is -2.23. The van der Waals surface area contributed by atoms with Crippen LogP contribution in [0.25, 0.3) is 10.9 Å². The summed E-state index contributed by atoms with van der Waals surface area (Å²) in [7, 11) is 1.78. The molecule has 1 heterocycles. The van der Waals surface area contributed by atoms with Crippen molar-refractivity contribution in [2.45, 2.75) is 32.1 Å². The highest BCUT2D eigenvalue weighted by Gasteiger charge is 2.21. The molecule has 1 saturated carbocycles. The van der Waals surface area contributed by atoms with Gasteiger partial charge >= 0.3 is 0 Å². The molecule has 0 unspecified atom stereocenters.